The number of aliphatic hydroxyl groups is 1. The first-order valence-corrected chi connectivity index (χ1v) is 8.87. The molecule has 27 heavy (non-hydrogen) atoms. The number of aromatic nitrogens is 3. The van der Waals surface area contributed by atoms with Crippen molar-refractivity contribution in [1.82, 2.24) is 19.9 Å². The maximum Gasteiger partial charge on any atom is 0.257 e. The van der Waals surface area contributed by atoms with Crippen LogP contribution >= 0.6 is 0 Å². The van der Waals surface area contributed by atoms with Gasteiger partial charge in [0.05, 0.1) is 11.3 Å². The first-order chi connectivity index (χ1) is 13.2. The molecule has 0 radical (unpaired) electrons. The molecule has 0 atom stereocenters. The molecular weight excluding hydrogens is 340 g/mol. The van der Waals surface area contributed by atoms with Crippen molar-refractivity contribution in [3.8, 4) is 11.3 Å². The van der Waals surface area contributed by atoms with E-state index >= 15 is 0 Å². The van der Waals surface area contributed by atoms with Crippen molar-refractivity contribution >= 4 is 5.91 Å². The minimum Gasteiger partial charge on any atom is -0.396 e. The SMILES string of the molecule is Cc1ncc(C(=O)N(CCCO)Cc2ccncc2)c(-c2ccccc2)n1. The summed E-state index contributed by atoms with van der Waals surface area (Å²) in [5, 5.41) is 9.23. The van der Waals surface area contributed by atoms with Gasteiger partial charge in [-0.3, -0.25) is 9.78 Å². The molecule has 1 amide bonds. The molecule has 0 bridgehead atoms. The molecule has 2 aromatic heterocycles. The number of nitrogens with zero attached hydrogens (tertiary/aromatic N) is 4. The summed E-state index contributed by atoms with van der Waals surface area (Å²) in [5.74, 6) is 0.459. The Bertz CT molecular complexity index is 885. The third-order valence-corrected chi connectivity index (χ3v) is 4.18. The first kappa shape index (κ1) is 18.7. The maximum atomic E-state index is 13.3. The number of aryl methyl sites for hydroxylation is 1. The Balaban J connectivity index is 1.96. The molecule has 0 fully saturated rings. The van der Waals surface area contributed by atoms with Gasteiger partial charge in [0.2, 0.25) is 0 Å². The lowest BCUT2D eigenvalue weighted by molar-refractivity contribution is 0.0732. The number of pyridine rings is 1. The molecule has 3 rings (SSSR count). The number of carbonyl (C=O) groups is 1. The van der Waals surface area contributed by atoms with Crippen LogP contribution in [0.15, 0.2) is 61.1 Å². The van der Waals surface area contributed by atoms with E-state index in [2.05, 4.69) is 15.0 Å². The van der Waals surface area contributed by atoms with Crippen LogP contribution in [-0.2, 0) is 6.54 Å². The molecular formula is C21H22N4O2. The maximum absolute atomic E-state index is 13.3. The summed E-state index contributed by atoms with van der Waals surface area (Å²) in [7, 11) is 0. The average molecular weight is 362 g/mol. The topological polar surface area (TPSA) is 79.2 Å². The molecule has 1 aromatic carbocycles. The van der Waals surface area contributed by atoms with Gasteiger partial charge >= 0.3 is 0 Å². The summed E-state index contributed by atoms with van der Waals surface area (Å²) in [4.78, 5) is 27.8. The highest BCUT2D eigenvalue weighted by atomic mass is 16.3. The van der Waals surface area contributed by atoms with Gasteiger partial charge in [0.25, 0.3) is 5.91 Å². The van der Waals surface area contributed by atoms with Crippen molar-refractivity contribution in [2.45, 2.75) is 19.9 Å². The predicted molar refractivity (Wildman–Crippen MR) is 103 cm³/mol. The standard InChI is InChI=1S/C21H22N4O2/c1-16-23-14-19(20(24-16)18-6-3-2-4-7-18)21(27)25(12-5-13-26)15-17-8-10-22-11-9-17/h2-4,6-11,14,26H,5,12-13,15H2,1H3. The molecule has 0 saturated heterocycles. The van der Waals surface area contributed by atoms with Crippen LogP contribution in [0.2, 0.25) is 0 Å². The van der Waals surface area contributed by atoms with Crippen LogP contribution in [0.1, 0.15) is 28.2 Å². The van der Waals surface area contributed by atoms with Gasteiger partial charge in [0, 0.05) is 43.9 Å². The van der Waals surface area contributed by atoms with Gasteiger partial charge in [0.15, 0.2) is 0 Å². The first-order valence-electron chi connectivity index (χ1n) is 8.87. The Morgan fingerprint density at radius 3 is 2.56 bits per heavy atom. The highest BCUT2D eigenvalue weighted by Gasteiger charge is 2.21. The van der Waals surface area contributed by atoms with Gasteiger partial charge in [-0.2, -0.15) is 0 Å². The second-order valence-corrected chi connectivity index (χ2v) is 6.20. The summed E-state index contributed by atoms with van der Waals surface area (Å²) in [6.07, 6.45) is 5.50. The van der Waals surface area contributed by atoms with Gasteiger partial charge in [-0.05, 0) is 31.0 Å². The molecule has 6 heteroatoms. The monoisotopic (exact) mass is 362 g/mol. The van der Waals surface area contributed by atoms with E-state index in [1.807, 2.05) is 42.5 Å². The summed E-state index contributed by atoms with van der Waals surface area (Å²) in [6, 6.07) is 13.4. The second kappa shape index (κ2) is 9.00. The van der Waals surface area contributed by atoms with Crippen molar-refractivity contribution < 1.29 is 9.90 Å². The zero-order valence-electron chi connectivity index (χ0n) is 15.2. The summed E-state index contributed by atoms with van der Waals surface area (Å²) in [5.41, 5.74) is 2.93. The highest BCUT2D eigenvalue weighted by molar-refractivity contribution is 5.99. The van der Waals surface area contributed by atoms with Gasteiger partial charge in [-0.1, -0.05) is 30.3 Å². The van der Waals surface area contributed by atoms with E-state index in [0.29, 0.717) is 36.6 Å². The molecule has 6 nitrogen and oxygen atoms in total. The van der Waals surface area contributed by atoms with Gasteiger partial charge in [0.1, 0.15) is 5.82 Å². The largest absolute Gasteiger partial charge is 0.396 e. The quantitative estimate of drug-likeness (QED) is 0.699. The summed E-state index contributed by atoms with van der Waals surface area (Å²) >= 11 is 0. The number of amides is 1. The number of benzene rings is 1. The molecule has 1 N–H and O–H groups in total. The molecule has 0 spiro atoms. The van der Waals surface area contributed by atoms with E-state index in [1.165, 1.54) is 0 Å². The van der Waals surface area contributed by atoms with Gasteiger partial charge < -0.3 is 10.0 Å². The van der Waals surface area contributed by atoms with Crippen LogP contribution in [0.4, 0.5) is 0 Å². The molecule has 3 aromatic rings. The lowest BCUT2D eigenvalue weighted by Crippen LogP contribution is -2.32. The average Bonchev–Trinajstić information content (AvgIpc) is 2.72. The number of hydrogen-bond donors (Lipinski definition) is 1. The van der Waals surface area contributed by atoms with E-state index in [1.54, 1.807) is 30.4 Å². The van der Waals surface area contributed by atoms with Crippen molar-refractivity contribution in [3.05, 3.63) is 78.0 Å². The van der Waals surface area contributed by atoms with Crippen molar-refractivity contribution in [3.63, 3.8) is 0 Å². The van der Waals surface area contributed by atoms with Crippen molar-refractivity contribution in [1.29, 1.82) is 0 Å². The fourth-order valence-corrected chi connectivity index (χ4v) is 2.84. The number of rotatable bonds is 7. The molecule has 138 valence electrons. The Morgan fingerprint density at radius 1 is 1.11 bits per heavy atom. The Labute approximate surface area is 158 Å². The normalized spacial score (nSPS) is 10.6. The number of carbonyl (C=O) groups excluding carboxylic acids is 1. The van der Waals surface area contributed by atoms with Crippen molar-refractivity contribution in [2.75, 3.05) is 13.2 Å². The van der Waals surface area contributed by atoms with Crippen LogP contribution in [0.3, 0.4) is 0 Å². The Kier molecular flexibility index (Phi) is 6.22. The van der Waals surface area contributed by atoms with E-state index in [-0.39, 0.29) is 12.5 Å². The molecule has 2 heterocycles. The number of hydrogen-bond acceptors (Lipinski definition) is 5. The minimum absolute atomic E-state index is 0.0239. The zero-order chi connectivity index (χ0) is 19.1. The Hall–Kier alpha value is -3.12. The lowest BCUT2D eigenvalue weighted by atomic mass is 10.1. The molecule has 0 unspecified atom stereocenters. The Morgan fingerprint density at radius 2 is 1.85 bits per heavy atom. The zero-order valence-corrected chi connectivity index (χ0v) is 15.2. The van der Waals surface area contributed by atoms with Gasteiger partial charge in [-0.15, -0.1) is 0 Å². The highest BCUT2D eigenvalue weighted by Crippen LogP contribution is 2.23. The fourth-order valence-electron chi connectivity index (χ4n) is 2.84. The van der Waals surface area contributed by atoms with E-state index in [0.717, 1.165) is 11.1 Å². The van der Waals surface area contributed by atoms with Crippen LogP contribution in [0, 0.1) is 6.92 Å². The van der Waals surface area contributed by atoms with Crippen LogP contribution < -0.4 is 0 Å². The van der Waals surface area contributed by atoms with E-state index in [9.17, 15) is 9.90 Å². The molecule has 0 aliphatic carbocycles. The fraction of sp³-hybridized carbons (Fsp3) is 0.238. The van der Waals surface area contributed by atoms with Crippen LogP contribution in [0.25, 0.3) is 11.3 Å². The second-order valence-electron chi connectivity index (χ2n) is 6.20. The minimum atomic E-state index is -0.154. The lowest BCUT2D eigenvalue weighted by Gasteiger charge is -2.23. The van der Waals surface area contributed by atoms with Gasteiger partial charge in [-0.25, -0.2) is 9.97 Å². The molecule has 0 saturated carbocycles. The van der Waals surface area contributed by atoms with E-state index in [4.69, 9.17) is 0 Å². The smallest absolute Gasteiger partial charge is 0.257 e. The third kappa shape index (κ3) is 4.74. The van der Waals surface area contributed by atoms with E-state index < -0.39 is 0 Å². The predicted octanol–water partition coefficient (Wildman–Crippen LogP) is 2.87. The summed E-state index contributed by atoms with van der Waals surface area (Å²) < 4.78 is 0. The molecule has 0 aliphatic heterocycles. The summed E-state index contributed by atoms with van der Waals surface area (Å²) in [6.45, 7) is 2.71. The third-order valence-electron chi connectivity index (χ3n) is 4.18. The molecule has 0 aliphatic rings. The number of aliphatic hydroxyl groups excluding tert-OH is 1. The van der Waals surface area contributed by atoms with Crippen molar-refractivity contribution in [2.24, 2.45) is 0 Å². The van der Waals surface area contributed by atoms with Crippen LogP contribution in [-0.4, -0.2) is 44.0 Å². The van der Waals surface area contributed by atoms with Crippen LogP contribution in [0.5, 0.6) is 0 Å².